The van der Waals surface area contributed by atoms with Crippen LogP contribution in [0, 0.1) is 6.92 Å². The first kappa shape index (κ1) is 13.7. The summed E-state index contributed by atoms with van der Waals surface area (Å²) in [7, 11) is 1.58. The average molecular weight is 310 g/mol. The number of fused-ring (bicyclic) bond motifs is 2. The highest BCUT2D eigenvalue weighted by Gasteiger charge is 2.18. The molecule has 0 radical (unpaired) electrons. The van der Waals surface area contributed by atoms with Crippen LogP contribution in [0.5, 0.6) is 17.2 Å². The van der Waals surface area contributed by atoms with Crippen LogP contribution >= 0.6 is 0 Å². The van der Waals surface area contributed by atoms with E-state index in [1.807, 2.05) is 6.07 Å². The van der Waals surface area contributed by atoms with Crippen LogP contribution in [0.4, 0.5) is 0 Å². The second kappa shape index (κ2) is 5.05. The highest BCUT2D eigenvalue weighted by atomic mass is 16.7. The van der Waals surface area contributed by atoms with Crippen molar-refractivity contribution in [2.45, 2.75) is 6.92 Å². The van der Waals surface area contributed by atoms with Crippen molar-refractivity contribution in [3.8, 4) is 28.4 Å². The van der Waals surface area contributed by atoms with Crippen molar-refractivity contribution in [3.63, 3.8) is 0 Å². The Morgan fingerprint density at radius 2 is 1.87 bits per heavy atom. The van der Waals surface area contributed by atoms with Crippen LogP contribution in [0.3, 0.4) is 0 Å². The Morgan fingerprint density at radius 3 is 2.70 bits per heavy atom. The van der Waals surface area contributed by atoms with Crippen LogP contribution in [0.15, 0.2) is 45.6 Å². The van der Waals surface area contributed by atoms with Crippen molar-refractivity contribution < 1.29 is 18.6 Å². The van der Waals surface area contributed by atoms with E-state index in [1.54, 1.807) is 44.4 Å². The zero-order valence-electron chi connectivity index (χ0n) is 12.7. The summed E-state index contributed by atoms with van der Waals surface area (Å²) in [5.74, 6) is 2.52. The lowest BCUT2D eigenvalue weighted by Gasteiger charge is -2.08. The smallest absolute Gasteiger partial charge is 0.231 e. The van der Waals surface area contributed by atoms with Crippen LogP contribution in [0.2, 0.25) is 0 Å². The fourth-order valence-corrected chi connectivity index (χ4v) is 2.80. The van der Waals surface area contributed by atoms with Crippen LogP contribution in [0.1, 0.15) is 5.76 Å². The Kier molecular flexibility index (Phi) is 3.01. The molecular weight excluding hydrogens is 296 g/mol. The predicted molar refractivity (Wildman–Crippen MR) is 85.3 cm³/mol. The maximum absolute atomic E-state index is 12.9. The fourth-order valence-electron chi connectivity index (χ4n) is 2.80. The van der Waals surface area contributed by atoms with E-state index in [0.717, 1.165) is 5.56 Å². The molecule has 0 N–H and O–H groups in total. The van der Waals surface area contributed by atoms with Gasteiger partial charge in [-0.05, 0) is 36.8 Å². The second-order valence-corrected chi connectivity index (χ2v) is 5.29. The van der Waals surface area contributed by atoms with Gasteiger partial charge in [0, 0.05) is 6.07 Å². The quantitative estimate of drug-likeness (QED) is 0.725. The summed E-state index contributed by atoms with van der Waals surface area (Å²) < 4.78 is 21.7. The molecule has 3 aromatic rings. The van der Waals surface area contributed by atoms with E-state index < -0.39 is 0 Å². The number of hydrogen-bond donors (Lipinski definition) is 0. The Morgan fingerprint density at radius 1 is 1.04 bits per heavy atom. The first-order chi connectivity index (χ1) is 11.2. The van der Waals surface area contributed by atoms with Crippen molar-refractivity contribution in [1.82, 2.24) is 0 Å². The van der Waals surface area contributed by atoms with Gasteiger partial charge in [-0.15, -0.1) is 0 Å². The monoisotopic (exact) mass is 310 g/mol. The third-order valence-electron chi connectivity index (χ3n) is 3.94. The average Bonchev–Trinajstić information content (AvgIpc) is 3.02. The van der Waals surface area contributed by atoms with Gasteiger partial charge in [-0.1, -0.05) is 6.07 Å². The number of ether oxygens (including phenoxy) is 3. The normalized spacial score (nSPS) is 12.6. The summed E-state index contributed by atoms with van der Waals surface area (Å²) >= 11 is 0. The molecule has 0 amide bonds. The molecule has 0 bridgehead atoms. The van der Waals surface area contributed by atoms with Crippen LogP contribution < -0.4 is 19.6 Å². The molecule has 5 heteroatoms. The Labute approximate surface area is 132 Å². The Balaban J connectivity index is 1.95. The molecule has 0 aliphatic carbocycles. The molecule has 1 aromatic heterocycles. The van der Waals surface area contributed by atoms with Gasteiger partial charge in [0.1, 0.15) is 17.1 Å². The lowest BCUT2D eigenvalue weighted by Crippen LogP contribution is -2.07. The summed E-state index contributed by atoms with van der Waals surface area (Å²) in [5, 5.41) is 0.518. The van der Waals surface area contributed by atoms with Crippen molar-refractivity contribution in [3.05, 3.63) is 52.4 Å². The minimum absolute atomic E-state index is 0.0785. The third-order valence-corrected chi connectivity index (χ3v) is 3.94. The maximum Gasteiger partial charge on any atom is 0.231 e. The SMILES string of the molecule is COc1ccc2c(=O)c(-c3ccc4c(c3)OCO4)c(C)oc2c1. The molecule has 0 saturated heterocycles. The van der Waals surface area contributed by atoms with Gasteiger partial charge in [-0.3, -0.25) is 4.79 Å². The molecule has 116 valence electrons. The van der Waals surface area contributed by atoms with Gasteiger partial charge in [0.2, 0.25) is 12.2 Å². The number of methoxy groups -OCH3 is 1. The van der Waals surface area contributed by atoms with Crippen molar-refractivity contribution in [2.75, 3.05) is 13.9 Å². The summed E-state index contributed by atoms with van der Waals surface area (Å²) in [6.45, 7) is 1.98. The zero-order chi connectivity index (χ0) is 16.0. The van der Waals surface area contributed by atoms with Crippen LogP contribution in [0.25, 0.3) is 22.1 Å². The van der Waals surface area contributed by atoms with Crippen molar-refractivity contribution in [2.24, 2.45) is 0 Å². The summed E-state index contributed by atoms with van der Waals surface area (Å²) in [4.78, 5) is 12.9. The highest BCUT2D eigenvalue weighted by Crippen LogP contribution is 2.36. The van der Waals surface area contributed by atoms with Crippen molar-refractivity contribution in [1.29, 1.82) is 0 Å². The second-order valence-electron chi connectivity index (χ2n) is 5.29. The van der Waals surface area contributed by atoms with E-state index in [1.165, 1.54) is 0 Å². The molecule has 23 heavy (non-hydrogen) atoms. The standard InChI is InChI=1S/C18H14O5/c1-10-17(11-3-6-14-16(7-11)22-9-21-14)18(19)13-5-4-12(20-2)8-15(13)23-10/h3-8H,9H2,1-2H3. The first-order valence-electron chi connectivity index (χ1n) is 7.19. The lowest BCUT2D eigenvalue weighted by molar-refractivity contribution is 0.174. The topological polar surface area (TPSA) is 57.9 Å². The number of hydrogen-bond acceptors (Lipinski definition) is 5. The number of aryl methyl sites for hydroxylation is 1. The van der Waals surface area contributed by atoms with E-state index in [-0.39, 0.29) is 12.2 Å². The predicted octanol–water partition coefficient (Wildman–Crippen LogP) is 3.51. The van der Waals surface area contributed by atoms with Crippen LogP contribution in [-0.4, -0.2) is 13.9 Å². The van der Waals surface area contributed by atoms with Gasteiger partial charge in [-0.25, -0.2) is 0 Å². The minimum atomic E-state index is -0.0785. The van der Waals surface area contributed by atoms with E-state index in [0.29, 0.717) is 39.5 Å². The largest absolute Gasteiger partial charge is 0.497 e. The maximum atomic E-state index is 12.9. The van der Waals surface area contributed by atoms with Gasteiger partial charge in [0.15, 0.2) is 11.5 Å². The Hall–Kier alpha value is -2.95. The molecular formula is C18H14O5. The Bertz CT molecular complexity index is 971. The van der Waals surface area contributed by atoms with E-state index in [4.69, 9.17) is 18.6 Å². The van der Waals surface area contributed by atoms with Gasteiger partial charge < -0.3 is 18.6 Å². The summed E-state index contributed by atoms with van der Waals surface area (Å²) in [5.41, 5.74) is 1.71. The van der Waals surface area contributed by atoms with Gasteiger partial charge in [0.05, 0.1) is 18.1 Å². The first-order valence-corrected chi connectivity index (χ1v) is 7.19. The number of benzene rings is 2. The van der Waals surface area contributed by atoms with E-state index in [2.05, 4.69) is 0 Å². The molecule has 1 aliphatic rings. The molecule has 1 aliphatic heterocycles. The van der Waals surface area contributed by atoms with Crippen LogP contribution in [-0.2, 0) is 0 Å². The molecule has 0 atom stereocenters. The molecule has 0 fully saturated rings. The molecule has 4 rings (SSSR count). The van der Waals surface area contributed by atoms with E-state index >= 15 is 0 Å². The number of rotatable bonds is 2. The zero-order valence-corrected chi connectivity index (χ0v) is 12.7. The van der Waals surface area contributed by atoms with E-state index in [9.17, 15) is 4.79 Å². The lowest BCUT2D eigenvalue weighted by atomic mass is 10.0. The van der Waals surface area contributed by atoms with Gasteiger partial charge in [-0.2, -0.15) is 0 Å². The van der Waals surface area contributed by atoms with Gasteiger partial charge in [0.25, 0.3) is 0 Å². The van der Waals surface area contributed by atoms with Gasteiger partial charge >= 0.3 is 0 Å². The fraction of sp³-hybridized carbons (Fsp3) is 0.167. The molecule has 0 saturated carbocycles. The van der Waals surface area contributed by atoms with Crippen molar-refractivity contribution >= 4 is 11.0 Å². The minimum Gasteiger partial charge on any atom is -0.497 e. The highest BCUT2D eigenvalue weighted by molar-refractivity contribution is 5.84. The molecule has 0 unspecified atom stereocenters. The molecule has 0 spiro atoms. The third kappa shape index (κ3) is 2.12. The molecule has 5 nitrogen and oxygen atoms in total. The summed E-state index contributed by atoms with van der Waals surface area (Å²) in [6, 6.07) is 10.6. The molecule has 2 aromatic carbocycles. The molecule has 2 heterocycles. The summed E-state index contributed by atoms with van der Waals surface area (Å²) in [6.07, 6.45) is 0.